The number of hydrogen-bond donors (Lipinski definition) is 1. The topological polar surface area (TPSA) is 45.2 Å². The number of aryl methyl sites for hydroxylation is 2. The Balaban J connectivity index is 2.17. The van der Waals surface area contributed by atoms with Gasteiger partial charge in [-0.3, -0.25) is 4.79 Å². The SMILES string of the molecule is CCCc1nc(C)c(C(=O)N2CCNC[C@H]2C)s1. The summed E-state index contributed by atoms with van der Waals surface area (Å²) in [6, 6.07) is 0.266. The average molecular weight is 267 g/mol. The van der Waals surface area contributed by atoms with Crippen LogP contribution in [0.5, 0.6) is 0 Å². The summed E-state index contributed by atoms with van der Waals surface area (Å²) in [6.07, 6.45) is 2.04. The molecule has 0 spiro atoms. The van der Waals surface area contributed by atoms with E-state index in [-0.39, 0.29) is 11.9 Å². The number of amides is 1. The fourth-order valence-electron chi connectivity index (χ4n) is 2.24. The number of thiazole rings is 1. The molecule has 0 aliphatic carbocycles. The molecule has 100 valence electrons. The lowest BCUT2D eigenvalue weighted by atomic mass is 10.2. The molecule has 2 heterocycles. The van der Waals surface area contributed by atoms with Crippen LogP contribution in [0.1, 0.15) is 40.6 Å². The first-order valence-electron chi connectivity index (χ1n) is 6.61. The molecule has 1 aromatic rings. The van der Waals surface area contributed by atoms with E-state index in [4.69, 9.17) is 0 Å². The number of piperazine rings is 1. The molecule has 1 atom stereocenters. The Morgan fingerprint density at radius 3 is 3.06 bits per heavy atom. The third-order valence-corrected chi connectivity index (χ3v) is 4.47. The minimum atomic E-state index is 0.154. The van der Waals surface area contributed by atoms with Gasteiger partial charge in [0.2, 0.25) is 0 Å². The van der Waals surface area contributed by atoms with Gasteiger partial charge in [-0.15, -0.1) is 11.3 Å². The molecule has 1 fully saturated rings. The minimum Gasteiger partial charge on any atom is -0.333 e. The Hall–Kier alpha value is -0.940. The summed E-state index contributed by atoms with van der Waals surface area (Å²) in [7, 11) is 0. The molecule has 1 saturated heterocycles. The first-order chi connectivity index (χ1) is 8.63. The summed E-state index contributed by atoms with van der Waals surface area (Å²) in [4.78, 5) is 19.8. The van der Waals surface area contributed by atoms with Crippen LogP contribution in [0.2, 0.25) is 0 Å². The maximum Gasteiger partial charge on any atom is 0.266 e. The zero-order valence-corrected chi connectivity index (χ0v) is 12.1. The largest absolute Gasteiger partial charge is 0.333 e. The van der Waals surface area contributed by atoms with E-state index >= 15 is 0 Å². The number of hydrogen-bond acceptors (Lipinski definition) is 4. The molecule has 1 N–H and O–H groups in total. The molecule has 0 saturated carbocycles. The van der Waals surface area contributed by atoms with Crippen LogP contribution in [-0.4, -0.2) is 41.5 Å². The first kappa shape index (κ1) is 13.5. The zero-order chi connectivity index (χ0) is 13.1. The van der Waals surface area contributed by atoms with Crippen molar-refractivity contribution in [3.05, 3.63) is 15.6 Å². The van der Waals surface area contributed by atoms with Gasteiger partial charge in [-0.05, 0) is 26.7 Å². The van der Waals surface area contributed by atoms with Gasteiger partial charge in [0, 0.05) is 25.7 Å². The molecule has 4 nitrogen and oxygen atoms in total. The average Bonchev–Trinajstić information content (AvgIpc) is 2.71. The van der Waals surface area contributed by atoms with E-state index in [1.165, 1.54) is 0 Å². The smallest absolute Gasteiger partial charge is 0.266 e. The summed E-state index contributed by atoms with van der Waals surface area (Å²) in [5.41, 5.74) is 0.888. The van der Waals surface area contributed by atoms with Crippen LogP contribution in [0.25, 0.3) is 0 Å². The van der Waals surface area contributed by atoms with Gasteiger partial charge < -0.3 is 10.2 Å². The highest BCUT2D eigenvalue weighted by Crippen LogP contribution is 2.22. The fraction of sp³-hybridized carbons (Fsp3) is 0.692. The van der Waals surface area contributed by atoms with E-state index in [1.54, 1.807) is 11.3 Å². The van der Waals surface area contributed by atoms with E-state index in [1.807, 2.05) is 11.8 Å². The molecule has 5 heteroatoms. The van der Waals surface area contributed by atoms with Crippen LogP contribution in [0.15, 0.2) is 0 Å². The molecule has 1 amide bonds. The quantitative estimate of drug-likeness (QED) is 0.909. The van der Waals surface area contributed by atoms with Crippen molar-refractivity contribution in [2.24, 2.45) is 0 Å². The first-order valence-corrected chi connectivity index (χ1v) is 7.43. The van der Waals surface area contributed by atoms with Gasteiger partial charge in [-0.25, -0.2) is 4.98 Å². The molecule has 0 radical (unpaired) electrons. The van der Waals surface area contributed by atoms with E-state index in [0.29, 0.717) is 0 Å². The van der Waals surface area contributed by atoms with Gasteiger partial charge in [-0.1, -0.05) is 6.92 Å². The molecular formula is C13H21N3OS. The van der Waals surface area contributed by atoms with Crippen molar-refractivity contribution in [1.29, 1.82) is 0 Å². The van der Waals surface area contributed by atoms with Gasteiger partial charge in [0.25, 0.3) is 5.91 Å². The minimum absolute atomic E-state index is 0.154. The third-order valence-electron chi connectivity index (χ3n) is 3.26. The summed E-state index contributed by atoms with van der Waals surface area (Å²) in [6.45, 7) is 8.72. The molecule has 18 heavy (non-hydrogen) atoms. The van der Waals surface area contributed by atoms with Crippen molar-refractivity contribution in [1.82, 2.24) is 15.2 Å². The number of aromatic nitrogens is 1. The van der Waals surface area contributed by atoms with Gasteiger partial charge in [0.1, 0.15) is 4.88 Å². The van der Waals surface area contributed by atoms with E-state index in [2.05, 4.69) is 24.1 Å². The second kappa shape index (κ2) is 5.80. The van der Waals surface area contributed by atoms with Crippen molar-refractivity contribution in [3.8, 4) is 0 Å². The Morgan fingerprint density at radius 2 is 2.39 bits per heavy atom. The molecule has 0 aromatic carbocycles. The molecule has 0 unspecified atom stereocenters. The van der Waals surface area contributed by atoms with E-state index < -0.39 is 0 Å². The number of rotatable bonds is 3. The fourth-order valence-corrected chi connectivity index (χ4v) is 3.37. The van der Waals surface area contributed by atoms with Crippen molar-refractivity contribution >= 4 is 17.2 Å². The summed E-state index contributed by atoms with van der Waals surface area (Å²) in [5.74, 6) is 0.154. The van der Waals surface area contributed by atoms with Crippen molar-refractivity contribution in [3.63, 3.8) is 0 Å². The van der Waals surface area contributed by atoms with Crippen LogP contribution < -0.4 is 5.32 Å². The van der Waals surface area contributed by atoms with Crippen molar-refractivity contribution in [2.75, 3.05) is 19.6 Å². The molecule has 1 aromatic heterocycles. The van der Waals surface area contributed by atoms with Gasteiger partial charge >= 0.3 is 0 Å². The normalized spacial score (nSPS) is 20.2. The summed E-state index contributed by atoms with van der Waals surface area (Å²) in [5, 5.41) is 4.39. The lowest BCUT2D eigenvalue weighted by Crippen LogP contribution is -2.52. The Bertz CT molecular complexity index is 430. The molecular weight excluding hydrogens is 246 g/mol. The predicted octanol–water partition coefficient (Wildman–Crippen LogP) is 1.84. The lowest BCUT2D eigenvalue weighted by Gasteiger charge is -2.33. The Morgan fingerprint density at radius 1 is 1.61 bits per heavy atom. The second-order valence-electron chi connectivity index (χ2n) is 4.82. The summed E-state index contributed by atoms with van der Waals surface area (Å²) < 4.78 is 0. The van der Waals surface area contributed by atoms with E-state index in [9.17, 15) is 4.79 Å². The predicted molar refractivity (Wildman–Crippen MR) is 74.2 cm³/mol. The Kier molecular flexibility index (Phi) is 4.35. The maximum atomic E-state index is 12.5. The standard InChI is InChI=1S/C13H21N3OS/c1-4-5-11-15-10(3)12(18-11)13(17)16-7-6-14-8-9(16)2/h9,14H,4-8H2,1-3H3/t9-/m1/s1. The maximum absolute atomic E-state index is 12.5. The lowest BCUT2D eigenvalue weighted by molar-refractivity contribution is 0.0660. The molecule has 0 bridgehead atoms. The summed E-state index contributed by atoms with van der Waals surface area (Å²) >= 11 is 1.57. The number of carbonyl (C=O) groups is 1. The molecule has 1 aliphatic heterocycles. The van der Waals surface area contributed by atoms with E-state index in [0.717, 1.165) is 48.1 Å². The highest BCUT2D eigenvalue weighted by Gasteiger charge is 2.26. The van der Waals surface area contributed by atoms with Gasteiger partial charge in [0.05, 0.1) is 10.7 Å². The van der Waals surface area contributed by atoms with Crippen LogP contribution in [0, 0.1) is 6.92 Å². The highest BCUT2D eigenvalue weighted by atomic mass is 32.1. The van der Waals surface area contributed by atoms with Crippen molar-refractivity contribution < 1.29 is 4.79 Å². The molecule has 2 rings (SSSR count). The number of carbonyl (C=O) groups excluding carboxylic acids is 1. The van der Waals surface area contributed by atoms with Gasteiger partial charge in [0.15, 0.2) is 0 Å². The van der Waals surface area contributed by atoms with Gasteiger partial charge in [-0.2, -0.15) is 0 Å². The second-order valence-corrected chi connectivity index (χ2v) is 5.91. The number of nitrogens with one attached hydrogen (secondary N) is 1. The van der Waals surface area contributed by atoms with Crippen LogP contribution in [0.3, 0.4) is 0 Å². The third kappa shape index (κ3) is 2.72. The Labute approximate surface area is 112 Å². The molecule has 1 aliphatic rings. The highest BCUT2D eigenvalue weighted by molar-refractivity contribution is 7.13. The number of nitrogens with zero attached hydrogens (tertiary/aromatic N) is 2. The van der Waals surface area contributed by atoms with Crippen LogP contribution in [0.4, 0.5) is 0 Å². The monoisotopic (exact) mass is 267 g/mol. The van der Waals surface area contributed by atoms with Crippen LogP contribution in [-0.2, 0) is 6.42 Å². The zero-order valence-electron chi connectivity index (χ0n) is 11.3. The van der Waals surface area contributed by atoms with Crippen LogP contribution >= 0.6 is 11.3 Å². The van der Waals surface area contributed by atoms with Crippen molar-refractivity contribution in [2.45, 2.75) is 39.7 Å².